The van der Waals surface area contributed by atoms with Crippen molar-refractivity contribution in [1.29, 1.82) is 0 Å². The normalized spacial score (nSPS) is 21.2. The van der Waals surface area contributed by atoms with Crippen LogP contribution in [0, 0.1) is 5.82 Å². The summed E-state index contributed by atoms with van der Waals surface area (Å²) in [6.07, 6.45) is 7.25. The van der Waals surface area contributed by atoms with Gasteiger partial charge in [-0.25, -0.2) is 4.39 Å². The molecule has 1 aliphatic carbocycles. The molecule has 1 amide bonds. The molecular weight excluding hydrogens is 423 g/mol. The lowest BCUT2D eigenvalue weighted by Gasteiger charge is -2.37. The van der Waals surface area contributed by atoms with Gasteiger partial charge in [-0.1, -0.05) is 37.5 Å². The van der Waals surface area contributed by atoms with Gasteiger partial charge >= 0.3 is 0 Å². The number of piperidine rings is 1. The van der Waals surface area contributed by atoms with Gasteiger partial charge < -0.3 is 18.8 Å². The van der Waals surface area contributed by atoms with E-state index < -0.39 is 5.79 Å². The first-order chi connectivity index (χ1) is 16.1. The molecule has 6 nitrogen and oxygen atoms in total. The van der Waals surface area contributed by atoms with Gasteiger partial charge in [-0.2, -0.15) is 0 Å². The van der Waals surface area contributed by atoms with Crippen LogP contribution in [0.3, 0.4) is 0 Å². The molecule has 1 saturated carbocycles. The number of halogens is 1. The maximum Gasteiger partial charge on any atom is 0.289 e. The number of likely N-dealkylation sites (tertiary alicyclic amines) is 1. The van der Waals surface area contributed by atoms with Gasteiger partial charge in [0, 0.05) is 44.1 Å². The molecule has 0 atom stereocenters. The number of rotatable bonds is 6. The summed E-state index contributed by atoms with van der Waals surface area (Å²) in [5.41, 5.74) is 0.699. The molecule has 3 fully saturated rings. The Balaban J connectivity index is 1.25. The van der Waals surface area contributed by atoms with Crippen molar-refractivity contribution in [2.24, 2.45) is 0 Å². The van der Waals surface area contributed by atoms with Crippen molar-refractivity contribution in [2.45, 2.75) is 69.9 Å². The molecule has 0 bridgehead atoms. The highest BCUT2D eigenvalue weighted by Gasteiger charge is 2.41. The van der Waals surface area contributed by atoms with Crippen molar-refractivity contribution < 1.29 is 23.1 Å². The zero-order valence-electron chi connectivity index (χ0n) is 19.1. The van der Waals surface area contributed by atoms with Crippen molar-refractivity contribution in [1.82, 2.24) is 9.80 Å². The van der Waals surface area contributed by atoms with E-state index in [1.54, 1.807) is 12.1 Å². The Morgan fingerprint density at radius 2 is 1.73 bits per heavy atom. The fourth-order valence-corrected chi connectivity index (χ4v) is 5.38. The minimum Gasteiger partial charge on any atom is -0.455 e. The van der Waals surface area contributed by atoms with Gasteiger partial charge in [-0.15, -0.1) is 0 Å². The Hall–Kier alpha value is -2.22. The van der Waals surface area contributed by atoms with Crippen molar-refractivity contribution in [2.75, 3.05) is 26.3 Å². The Morgan fingerprint density at radius 1 is 1.00 bits per heavy atom. The van der Waals surface area contributed by atoms with Crippen molar-refractivity contribution in [3.05, 3.63) is 59.3 Å². The van der Waals surface area contributed by atoms with E-state index in [9.17, 15) is 9.18 Å². The lowest BCUT2D eigenvalue weighted by atomic mass is 9.93. The molecule has 33 heavy (non-hydrogen) atoms. The molecule has 3 heterocycles. The highest BCUT2D eigenvalue weighted by Crippen LogP contribution is 2.32. The predicted molar refractivity (Wildman–Crippen MR) is 121 cm³/mol. The largest absolute Gasteiger partial charge is 0.455 e. The van der Waals surface area contributed by atoms with Crippen LogP contribution < -0.4 is 0 Å². The van der Waals surface area contributed by atoms with Crippen LogP contribution >= 0.6 is 0 Å². The second-order valence-corrected chi connectivity index (χ2v) is 9.45. The van der Waals surface area contributed by atoms with Crippen LogP contribution in [-0.4, -0.2) is 53.8 Å². The van der Waals surface area contributed by atoms with Crippen molar-refractivity contribution in [3.63, 3.8) is 0 Å². The first kappa shape index (κ1) is 22.6. The molecule has 178 valence electrons. The quantitative estimate of drug-likeness (QED) is 0.629. The van der Waals surface area contributed by atoms with Crippen LogP contribution in [0.15, 0.2) is 40.8 Å². The Kier molecular flexibility index (Phi) is 6.81. The maximum absolute atomic E-state index is 14.4. The molecule has 1 aromatic heterocycles. The summed E-state index contributed by atoms with van der Waals surface area (Å²) in [6.45, 7) is 3.54. The van der Waals surface area contributed by atoms with Crippen LogP contribution in [0.1, 0.15) is 66.8 Å². The van der Waals surface area contributed by atoms with Gasteiger partial charge in [0.2, 0.25) is 0 Å². The van der Waals surface area contributed by atoms with Crippen LogP contribution in [0.5, 0.6) is 0 Å². The summed E-state index contributed by atoms with van der Waals surface area (Å²) in [7, 11) is 0. The van der Waals surface area contributed by atoms with Crippen LogP contribution in [0.2, 0.25) is 0 Å². The van der Waals surface area contributed by atoms with E-state index in [1.165, 1.54) is 25.3 Å². The van der Waals surface area contributed by atoms with Crippen molar-refractivity contribution in [3.8, 4) is 0 Å². The molecule has 2 aromatic rings. The number of ether oxygens (including phenoxy) is 2. The monoisotopic (exact) mass is 456 g/mol. The molecule has 7 heteroatoms. The summed E-state index contributed by atoms with van der Waals surface area (Å²) in [5.74, 6) is 0.345. The molecule has 0 N–H and O–H groups in total. The fraction of sp³-hybridized carbons (Fsp3) is 0.577. The third kappa shape index (κ3) is 5.15. The highest BCUT2D eigenvalue weighted by atomic mass is 19.1. The van der Waals surface area contributed by atoms with Gasteiger partial charge in [-0.3, -0.25) is 9.69 Å². The average molecular weight is 457 g/mol. The number of amides is 1. The van der Waals surface area contributed by atoms with E-state index in [4.69, 9.17) is 13.9 Å². The minimum absolute atomic E-state index is 0.0904. The second-order valence-electron chi connectivity index (χ2n) is 9.45. The van der Waals surface area contributed by atoms with Gasteiger partial charge in [0.25, 0.3) is 5.91 Å². The summed E-state index contributed by atoms with van der Waals surface area (Å²) < 4.78 is 31.9. The Labute approximate surface area is 194 Å². The standard InChI is InChI=1S/C26H33FN2O4/c27-23-9-5-4-6-20(23)18-29(21-7-2-1-3-8-21)19-22-10-11-24(33-22)25(30)28-14-12-26(13-15-28)31-16-17-32-26/h4-6,9-11,21H,1-3,7-8,12-19H2. The van der Waals surface area contributed by atoms with E-state index in [0.717, 1.165) is 18.6 Å². The summed E-state index contributed by atoms with van der Waals surface area (Å²) in [5, 5.41) is 0. The van der Waals surface area contributed by atoms with Gasteiger partial charge in [-0.05, 0) is 31.0 Å². The third-order valence-corrected chi connectivity index (χ3v) is 7.28. The van der Waals surface area contributed by atoms with Crippen LogP contribution in [-0.2, 0) is 22.6 Å². The van der Waals surface area contributed by atoms with E-state index >= 15 is 0 Å². The molecule has 1 aromatic carbocycles. The number of carbonyl (C=O) groups excluding carboxylic acids is 1. The topological polar surface area (TPSA) is 55.2 Å². The summed E-state index contributed by atoms with van der Waals surface area (Å²) >= 11 is 0. The number of furan rings is 1. The maximum atomic E-state index is 14.4. The Bertz CT molecular complexity index is 939. The zero-order chi connectivity index (χ0) is 22.7. The van der Waals surface area contributed by atoms with Gasteiger partial charge in [0.1, 0.15) is 11.6 Å². The zero-order valence-corrected chi connectivity index (χ0v) is 19.1. The molecule has 1 spiro atoms. The number of nitrogens with zero attached hydrogens (tertiary/aromatic N) is 2. The number of hydrogen-bond acceptors (Lipinski definition) is 5. The highest BCUT2D eigenvalue weighted by molar-refractivity contribution is 5.91. The lowest BCUT2D eigenvalue weighted by molar-refractivity contribution is -0.181. The minimum atomic E-state index is -0.502. The molecule has 2 saturated heterocycles. The second kappa shape index (κ2) is 9.95. The van der Waals surface area contributed by atoms with Crippen molar-refractivity contribution >= 4 is 5.91 Å². The number of hydrogen-bond donors (Lipinski definition) is 0. The van der Waals surface area contributed by atoms with E-state index in [0.29, 0.717) is 69.6 Å². The number of benzene rings is 1. The van der Waals surface area contributed by atoms with Crippen LogP contribution in [0.4, 0.5) is 4.39 Å². The predicted octanol–water partition coefficient (Wildman–Crippen LogP) is 4.73. The first-order valence-corrected chi connectivity index (χ1v) is 12.3. The Morgan fingerprint density at radius 3 is 2.45 bits per heavy atom. The van der Waals surface area contributed by atoms with Gasteiger partial charge in [0.05, 0.1) is 19.8 Å². The third-order valence-electron chi connectivity index (χ3n) is 7.28. The van der Waals surface area contributed by atoms with E-state index in [2.05, 4.69) is 4.90 Å². The average Bonchev–Trinajstić information content (AvgIpc) is 3.51. The fourth-order valence-electron chi connectivity index (χ4n) is 5.38. The molecule has 3 aliphatic rings. The summed E-state index contributed by atoms with van der Waals surface area (Å²) in [4.78, 5) is 17.2. The molecular formula is C26H33FN2O4. The molecule has 5 rings (SSSR count). The summed E-state index contributed by atoms with van der Waals surface area (Å²) in [6, 6.07) is 11.0. The van der Waals surface area contributed by atoms with Crippen LogP contribution in [0.25, 0.3) is 0 Å². The number of carbonyl (C=O) groups is 1. The molecule has 2 aliphatic heterocycles. The lowest BCUT2D eigenvalue weighted by Crippen LogP contribution is -2.47. The molecule has 0 unspecified atom stereocenters. The first-order valence-electron chi connectivity index (χ1n) is 12.3. The smallest absolute Gasteiger partial charge is 0.289 e. The molecule has 0 radical (unpaired) electrons. The van der Waals surface area contributed by atoms with E-state index in [1.807, 2.05) is 23.1 Å². The van der Waals surface area contributed by atoms with Gasteiger partial charge in [0.15, 0.2) is 11.5 Å². The van der Waals surface area contributed by atoms with E-state index in [-0.39, 0.29) is 11.7 Å². The SMILES string of the molecule is O=C(c1ccc(CN(Cc2ccccc2F)C2CCCCC2)o1)N1CCC2(CC1)OCCO2.